The number of anilines is 1. The SMILES string of the molecule is Cc1ccc(OCc2ccc(C(=O)Nc3ccccc3)cc2)cc1. The highest BCUT2D eigenvalue weighted by molar-refractivity contribution is 6.04. The zero-order valence-electron chi connectivity index (χ0n) is 13.5. The second-order valence-electron chi connectivity index (χ2n) is 5.62. The summed E-state index contributed by atoms with van der Waals surface area (Å²) in [6.07, 6.45) is 0. The summed E-state index contributed by atoms with van der Waals surface area (Å²) in [6.45, 7) is 2.52. The fourth-order valence-electron chi connectivity index (χ4n) is 2.28. The first-order valence-corrected chi connectivity index (χ1v) is 7.85. The number of hydrogen-bond donors (Lipinski definition) is 1. The summed E-state index contributed by atoms with van der Waals surface area (Å²) >= 11 is 0. The molecule has 0 bridgehead atoms. The molecule has 3 heteroatoms. The quantitative estimate of drug-likeness (QED) is 0.732. The molecule has 0 heterocycles. The van der Waals surface area contributed by atoms with Gasteiger partial charge in [0, 0.05) is 11.3 Å². The Kier molecular flexibility index (Phi) is 4.92. The van der Waals surface area contributed by atoms with Crippen LogP contribution in [0.2, 0.25) is 0 Å². The van der Waals surface area contributed by atoms with Crippen LogP contribution in [-0.4, -0.2) is 5.91 Å². The van der Waals surface area contributed by atoms with Crippen LogP contribution in [0.25, 0.3) is 0 Å². The predicted octanol–water partition coefficient (Wildman–Crippen LogP) is 4.83. The van der Waals surface area contributed by atoms with Crippen molar-refractivity contribution in [3.05, 3.63) is 95.6 Å². The minimum atomic E-state index is -0.118. The molecule has 0 aliphatic rings. The molecule has 0 aromatic heterocycles. The molecular weight excluding hydrogens is 298 g/mol. The number of nitrogens with one attached hydrogen (secondary N) is 1. The lowest BCUT2D eigenvalue weighted by molar-refractivity contribution is 0.102. The minimum Gasteiger partial charge on any atom is -0.489 e. The van der Waals surface area contributed by atoms with Crippen molar-refractivity contribution in [1.82, 2.24) is 0 Å². The fraction of sp³-hybridized carbons (Fsp3) is 0.0952. The molecule has 0 aliphatic carbocycles. The summed E-state index contributed by atoms with van der Waals surface area (Å²) in [5.41, 5.74) is 3.63. The predicted molar refractivity (Wildman–Crippen MR) is 96.3 cm³/mol. The molecule has 1 N–H and O–H groups in total. The number of rotatable bonds is 5. The van der Waals surface area contributed by atoms with Crippen LogP contribution in [0.4, 0.5) is 5.69 Å². The Morgan fingerprint density at radius 2 is 1.54 bits per heavy atom. The summed E-state index contributed by atoms with van der Waals surface area (Å²) in [4.78, 5) is 12.2. The van der Waals surface area contributed by atoms with E-state index >= 15 is 0 Å². The molecule has 0 fully saturated rings. The summed E-state index contributed by atoms with van der Waals surface area (Å²) in [6, 6.07) is 24.8. The Labute approximate surface area is 141 Å². The van der Waals surface area contributed by atoms with Gasteiger partial charge in [-0.05, 0) is 48.9 Å². The van der Waals surface area contributed by atoms with E-state index in [4.69, 9.17) is 4.74 Å². The molecule has 1 amide bonds. The standard InChI is InChI=1S/C21H19NO2/c1-16-7-13-20(14-8-16)24-15-17-9-11-18(12-10-17)21(23)22-19-5-3-2-4-6-19/h2-14H,15H2,1H3,(H,22,23). The van der Waals surface area contributed by atoms with Crippen LogP contribution < -0.4 is 10.1 Å². The van der Waals surface area contributed by atoms with Crippen molar-refractivity contribution in [3.63, 3.8) is 0 Å². The van der Waals surface area contributed by atoms with Gasteiger partial charge in [0.15, 0.2) is 0 Å². The van der Waals surface area contributed by atoms with Gasteiger partial charge in [-0.15, -0.1) is 0 Å². The summed E-state index contributed by atoms with van der Waals surface area (Å²) < 4.78 is 5.74. The van der Waals surface area contributed by atoms with Gasteiger partial charge < -0.3 is 10.1 Å². The van der Waals surface area contributed by atoms with Crippen molar-refractivity contribution in [1.29, 1.82) is 0 Å². The molecule has 3 nitrogen and oxygen atoms in total. The third-order valence-corrected chi connectivity index (χ3v) is 3.67. The Balaban J connectivity index is 1.58. The monoisotopic (exact) mass is 317 g/mol. The molecule has 3 rings (SSSR count). The number of amides is 1. The molecule has 24 heavy (non-hydrogen) atoms. The average Bonchev–Trinajstić information content (AvgIpc) is 2.62. The molecule has 0 spiro atoms. The highest BCUT2D eigenvalue weighted by Gasteiger charge is 2.06. The Morgan fingerprint density at radius 1 is 0.875 bits per heavy atom. The lowest BCUT2D eigenvalue weighted by Gasteiger charge is -2.08. The topological polar surface area (TPSA) is 38.3 Å². The Bertz CT molecular complexity index is 794. The highest BCUT2D eigenvalue weighted by atomic mass is 16.5. The maximum Gasteiger partial charge on any atom is 0.255 e. The molecule has 0 saturated carbocycles. The Morgan fingerprint density at radius 3 is 2.21 bits per heavy atom. The highest BCUT2D eigenvalue weighted by Crippen LogP contribution is 2.15. The van der Waals surface area contributed by atoms with E-state index in [-0.39, 0.29) is 5.91 Å². The molecule has 120 valence electrons. The number of hydrogen-bond acceptors (Lipinski definition) is 2. The van der Waals surface area contributed by atoms with Crippen molar-refractivity contribution >= 4 is 11.6 Å². The van der Waals surface area contributed by atoms with Crippen LogP contribution in [0.1, 0.15) is 21.5 Å². The zero-order valence-corrected chi connectivity index (χ0v) is 13.5. The molecule has 3 aromatic rings. The first-order valence-electron chi connectivity index (χ1n) is 7.85. The van der Waals surface area contributed by atoms with Gasteiger partial charge in [0.25, 0.3) is 5.91 Å². The first-order chi connectivity index (χ1) is 11.7. The normalized spacial score (nSPS) is 10.2. The van der Waals surface area contributed by atoms with Crippen LogP contribution in [0, 0.1) is 6.92 Å². The van der Waals surface area contributed by atoms with E-state index in [1.165, 1.54) is 5.56 Å². The number of benzene rings is 3. The van der Waals surface area contributed by atoms with Crippen LogP contribution in [0.3, 0.4) is 0 Å². The van der Waals surface area contributed by atoms with E-state index in [1.54, 1.807) is 0 Å². The second-order valence-corrected chi connectivity index (χ2v) is 5.62. The van der Waals surface area contributed by atoms with E-state index in [9.17, 15) is 4.79 Å². The number of carbonyl (C=O) groups is 1. The lowest BCUT2D eigenvalue weighted by Crippen LogP contribution is -2.11. The number of ether oxygens (including phenoxy) is 1. The maximum atomic E-state index is 12.2. The van der Waals surface area contributed by atoms with Gasteiger partial charge in [-0.2, -0.15) is 0 Å². The fourth-order valence-corrected chi connectivity index (χ4v) is 2.28. The number of aryl methyl sites for hydroxylation is 1. The smallest absolute Gasteiger partial charge is 0.255 e. The van der Waals surface area contributed by atoms with Gasteiger partial charge in [0.05, 0.1) is 0 Å². The summed E-state index contributed by atoms with van der Waals surface area (Å²) in [5.74, 6) is 0.721. The molecule has 0 saturated heterocycles. The van der Waals surface area contributed by atoms with Gasteiger partial charge in [-0.1, -0.05) is 48.0 Å². The molecule has 0 atom stereocenters. The van der Waals surface area contributed by atoms with Gasteiger partial charge in [0.2, 0.25) is 0 Å². The largest absolute Gasteiger partial charge is 0.489 e. The lowest BCUT2D eigenvalue weighted by atomic mass is 10.1. The summed E-state index contributed by atoms with van der Waals surface area (Å²) in [5, 5.41) is 2.87. The molecule has 0 aliphatic heterocycles. The van der Waals surface area contributed by atoms with E-state index in [0.29, 0.717) is 12.2 Å². The minimum absolute atomic E-state index is 0.118. The molecular formula is C21H19NO2. The van der Waals surface area contributed by atoms with Crippen molar-refractivity contribution in [2.24, 2.45) is 0 Å². The third-order valence-electron chi connectivity index (χ3n) is 3.67. The third kappa shape index (κ3) is 4.23. The molecule has 0 radical (unpaired) electrons. The second kappa shape index (κ2) is 7.47. The van der Waals surface area contributed by atoms with Crippen molar-refractivity contribution < 1.29 is 9.53 Å². The Hall–Kier alpha value is -3.07. The van der Waals surface area contributed by atoms with E-state index in [0.717, 1.165) is 17.0 Å². The van der Waals surface area contributed by atoms with Crippen LogP contribution in [0.5, 0.6) is 5.75 Å². The van der Waals surface area contributed by atoms with Crippen molar-refractivity contribution in [2.45, 2.75) is 13.5 Å². The van der Waals surface area contributed by atoms with Crippen LogP contribution in [0.15, 0.2) is 78.9 Å². The van der Waals surface area contributed by atoms with Crippen LogP contribution >= 0.6 is 0 Å². The number of carbonyl (C=O) groups excluding carboxylic acids is 1. The molecule has 0 unspecified atom stereocenters. The maximum absolute atomic E-state index is 12.2. The molecule has 3 aromatic carbocycles. The van der Waals surface area contributed by atoms with Crippen molar-refractivity contribution in [2.75, 3.05) is 5.32 Å². The van der Waals surface area contributed by atoms with Gasteiger partial charge in [0.1, 0.15) is 12.4 Å². The van der Waals surface area contributed by atoms with Gasteiger partial charge >= 0.3 is 0 Å². The average molecular weight is 317 g/mol. The zero-order chi connectivity index (χ0) is 16.8. The van der Waals surface area contributed by atoms with E-state index < -0.39 is 0 Å². The van der Waals surface area contributed by atoms with Crippen molar-refractivity contribution in [3.8, 4) is 5.75 Å². The van der Waals surface area contributed by atoms with Gasteiger partial charge in [-0.25, -0.2) is 0 Å². The van der Waals surface area contributed by atoms with E-state index in [1.807, 2.05) is 85.8 Å². The first kappa shape index (κ1) is 15.8. The van der Waals surface area contributed by atoms with Gasteiger partial charge in [-0.3, -0.25) is 4.79 Å². The summed E-state index contributed by atoms with van der Waals surface area (Å²) in [7, 11) is 0. The van der Waals surface area contributed by atoms with E-state index in [2.05, 4.69) is 5.32 Å². The number of para-hydroxylation sites is 1. The van der Waals surface area contributed by atoms with Crippen LogP contribution in [-0.2, 0) is 6.61 Å².